The summed E-state index contributed by atoms with van der Waals surface area (Å²) in [6.45, 7) is 3.36. The van der Waals surface area contributed by atoms with Crippen LogP contribution in [0.2, 0.25) is 20.1 Å². The van der Waals surface area contributed by atoms with Gasteiger partial charge in [0.05, 0.1) is 21.4 Å². The molecule has 0 atom stereocenters. The van der Waals surface area contributed by atoms with Gasteiger partial charge in [0.1, 0.15) is 8.42 Å². The van der Waals surface area contributed by atoms with Crippen LogP contribution in [0.4, 0.5) is 11.4 Å². The van der Waals surface area contributed by atoms with Crippen LogP contribution in [-0.4, -0.2) is 16.8 Å². The zero-order chi connectivity index (χ0) is 27.6. The Morgan fingerprint density at radius 2 is 0.974 bits per heavy atom. The molecular formula is C24H16Cl4N2O4S4. The van der Waals surface area contributed by atoms with Crippen molar-refractivity contribution in [1.29, 1.82) is 0 Å². The maximum absolute atomic E-state index is 13.5. The molecule has 198 valence electrons. The lowest BCUT2D eigenvalue weighted by Gasteiger charge is -2.15. The summed E-state index contributed by atoms with van der Waals surface area (Å²) in [6, 6.07) is 12.8. The van der Waals surface area contributed by atoms with Gasteiger partial charge in [-0.3, -0.25) is 9.44 Å². The lowest BCUT2D eigenvalue weighted by atomic mass is 10.2. The number of sulfonamides is 2. The Labute approximate surface area is 247 Å². The SMILES string of the molecule is Cc1c(S(=O)(=O)Nc2cc(Cl)c(Cl)cc2NS(=O)(=O)c2sc3ccc(Cl)cc3c2C)sc2ccc(Cl)cc12. The molecule has 0 aliphatic heterocycles. The number of anilines is 2. The number of nitrogens with one attached hydrogen (secondary N) is 2. The maximum atomic E-state index is 13.5. The standard InChI is InChI=1S/C24H16Cl4N2O4S4/c1-11-15-7-13(25)3-5-21(15)35-23(11)37(31,32)29-19-9-17(27)18(28)10-20(19)30-38(33,34)24-12(2)16-8-14(26)4-6-22(16)36-24/h3-10,29-30H,1-2H3. The molecular weight excluding hydrogens is 650 g/mol. The van der Waals surface area contributed by atoms with E-state index in [0.717, 1.165) is 32.1 Å². The summed E-state index contributed by atoms with van der Waals surface area (Å²) in [5.41, 5.74) is 0.864. The summed E-state index contributed by atoms with van der Waals surface area (Å²) >= 11 is 26.7. The maximum Gasteiger partial charge on any atom is 0.271 e. The second-order valence-corrected chi connectivity index (χ2v) is 15.9. The molecule has 0 aliphatic carbocycles. The fourth-order valence-corrected chi connectivity index (χ4v) is 10.3. The predicted molar refractivity (Wildman–Crippen MR) is 161 cm³/mol. The zero-order valence-electron chi connectivity index (χ0n) is 19.4. The van der Waals surface area contributed by atoms with E-state index in [1.54, 1.807) is 50.2 Å². The van der Waals surface area contributed by atoms with E-state index in [4.69, 9.17) is 46.4 Å². The summed E-state index contributed by atoms with van der Waals surface area (Å²) < 4.78 is 60.4. The molecule has 2 aromatic heterocycles. The third-order valence-electron chi connectivity index (χ3n) is 5.75. The molecule has 0 spiro atoms. The van der Waals surface area contributed by atoms with Crippen molar-refractivity contribution in [2.75, 3.05) is 9.44 Å². The van der Waals surface area contributed by atoms with Crippen molar-refractivity contribution >= 4 is 121 Å². The van der Waals surface area contributed by atoms with Crippen molar-refractivity contribution in [2.45, 2.75) is 22.3 Å². The number of halogens is 4. The van der Waals surface area contributed by atoms with E-state index < -0.39 is 20.0 Å². The molecule has 14 heteroatoms. The number of rotatable bonds is 6. The number of aryl methyl sites for hydroxylation is 2. The normalized spacial score (nSPS) is 12.4. The first kappa shape index (κ1) is 27.8. The predicted octanol–water partition coefficient (Wildman–Crippen LogP) is 8.95. The van der Waals surface area contributed by atoms with Gasteiger partial charge in [-0.15, -0.1) is 22.7 Å². The minimum Gasteiger partial charge on any atom is -0.277 e. The van der Waals surface area contributed by atoms with Crippen LogP contribution in [0.3, 0.4) is 0 Å². The molecule has 5 rings (SSSR count). The van der Waals surface area contributed by atoms with Gasteiger partial charge < -0.3 is 0 Å². The van der Waals surface area contributed by atoms with Crippen LogP contribution < -0.4 is 9.44 Å². The Hall–Kier alpha value is -1.76. The molecule has 0 bridgehead atoms. The number of hydrogen-bond acceptors (Lipinski definition) is 6. The number of benzene rings is 3. The average Bonchev–Trinajstić information content (AvgIpc) is 3.34. The quantitative estimate of drug-likeness (QED) is 0.189. The van der Waals surface area contributed by atoms with Gasteiger partial charge in [0, 0.05) is 19.4 Å². The molecule has 0 radical (unpaired) electrons. The molecule has 0 amide bonds. The van der Waals surface area contributed by atoms with E-state index in [-0.39, 0.29) is 29.8 Å². The van der Waals surface area contributed by atoms with Crippen molar-refractivity contribution in [2.24, 2.45) is 0 Å². The fourth-order valence-electron chi connectivity index (χ4n) is 3.95. The van der Waals surface area contributed by atoms with Gasteiger partial charge in [-0.1, -0.05) is 46.4 Å². The molecule has 2 N–H and O–H groups in total. The van der Waals surface area contributed by atoms with E-state index in [1.165, 1.54) is 12.1 Å². The molecule has 0 unspecified atom stereocenters. The van der Waals surface area contributed by atoms with E-state index in [1.807, 2.05) is 0 Å². The number of fused-ring (bicyclic) bond motifs is 2. The smallest absolute Gasteiger partial charge is 0.271 e. The number of hydrogen-bond donors (Lipinski definition) is 2. The van der Waals surface area contributed by atoms with Gasteiger partial charge in [0.25, 0.3) is 20.0 Å². The van der Waals surface area contributed by atoms with Crippen molar-refractivity contribution in [3.8, 4) is 0 Å². The van der Waals surface area contributed by atoms with Gasteiger partial charge in [0.15, 0.2) is 0 Å². The van der Waals surface area contributed by atoms with Crippen LogP contribution in [0.15, 0.2) is 56.9 Å². The molecule has 6 nitrogen and oxygen atoms in total. The lowest BCUT2D eigenvalue weighted by Crippen LogP contribution is -2.17. The van der Waals surface area contributed by atoms with Crippen molar-refractivity contribution < 1.29 is 16.8 Å². The van der Waals surface area contributed by atoms with Crippen LogP contribution >= 0.6 is 69.1 Å². The van der Waals surface area contributed by atoms with Crippen LogP contribution in [0.1, 0.15) is 11.1 Å². The van der Waals surface area contributed by atoms with E-state index in [2.05, 4.69) is 9.44 Å². The van der Waals surface area contributed by atoms with Crippen molar-refractivity contribution in [3.63, 3.8) is 0 Å². The van der Waals surface area contributed by atoms with Crippen LogP contribution in [-0.2, 0) is 20.0 Å². The zero-order valence-corrected chi connectivity index (χ0v) is 25.7. The molecule has 0 fully saturated rings. The molecule has 5 aromatic rings. The first-order valence-corrected chi connectivity index (χ1v) is 16.8. The molecule has 38 heavy (non-hydrogen) atoms. The van der Waals surface area contributed by atoms with E-state index in [0.29, 0.717) is 31.9 Å². The second-order valence-electron chi connectivity index (χ2n) is 8.33. The summed E-state index contributed by atoms with van der Waals surface area (Å²) in [6.07, 6.45) is 0. The highest BCUT2D eigenvalue weighted by atomic mass is 35.5. The first-order chi connectivity index (χ1) is 17.8. The first-order valence-electron chi connectivity index (χ1n) is 10.7. The highest BCUT2D eigenvalue weighted by molar-refractivity contribution is 7.95. The van der Waals surface area contributed by atoms with Gasteiger partial charge in [-0.05, 0) is 84.3 Å². The minimum absolute atomic E-state index is 0.0415. The largest absolute Gasteiger partial charge is 0.277 e. The summed E-state index contributed by atoms with van der Waals surface area (Å²) in [5.74, 6) is 0. The highest BCUT2D eigenvalue weighted by Crippen LogP contribution is 2.41. The summed E-state index contributed by atoms with van der Waals surface area (Å²) in [4.78, 5) is 0. The monoisotopic (exact) mass is 664 g/mol. The van der Waals surface area contributed by atoms with Gasteiger partial charge in [-0.2, -0.15) is 0 Å². The van der Waals surface area contributed by atoms with Crippen molar-refractivity contribution in [3.05, 3.63) is 79.7 Å². The molecule has 2 heterocycles. The Balaban J connectivity index is 1.57. The van der Waals surface area contributed by atoms with Crippen LogP contribution in [0, 0.1) is 13.8 Å². The fraction of sp³-hybridized carbons (Fsp3) is 0.0833. The van der Waals surface area contributed by atoms with Gasteiger partial charge >= 0.3 is 0 Å². The number of thiophene rings is 2. The Bertz CT molecular complexity index is 1840. The highest BCUT2D eigenvalue weighted by Gasteiger charge is 2.27. The van der Waals surface area contributed by atoms with Gasteiger partial charge in [-0.25, -0.2) is 16.8 Å². The third kappa shape index (κ3) is 5.09. The average molecular weight is 666 g/mol. The Morgan fingerprint density at radius 3 is 1.34 bits per heavy atom. The van der Waals surface area contributed by atoms with Crippen LogP contribution in [0.5, 0.6) is 0 Å². The topological polar surface area (TPSA) is 92.3 Å². The Kier molecular flexibility index (Phi) is 7.32. The lowest BCUT2D eigenvalue weighted by molar-refractivity contribution is 0.600. The summed E-state index contributed by atoms with van der Waals surface area (Å²) in [7, 11) is -8.30. The van der Waals surface area contributed by atoms with Gasteiger partial charge in [0.2, 0.25) is 0 Å². The Morgan fingerprint density at radius 1 is 0.605 bits per heavy atom. The van der Waals surface area contributed by atoms with E-state index in [9.17, 15) is 16.8 Å². The summed E-state index contributed by atoms with van der Waals surface area (Å²) in [5, 5.41) is 2.46. The van der Waals surface area contributed by atoms with Crippen molar-refractivity contribution in [1.82, 2.24) is 0 Å². The minimum atomic E-state index is -4.15. The molecule has 3 aromatic carbocycles. The molecule has 0 saturated heterocycles. The third-order valence-corrected chi connectivity index (χ3v) is 13.5. The molecule has 0 saturated carbocycles. The molecule has 0 aliphatic rings. The van der Waals surface area contributed by atoms with E-state index >= 15 is 0 Å². The van der Waals surface area contributed by atoms with Crippen LogP contribution in [0.25, 0.3) is 20.2 Å². The second kappa shape index (κ2) is 10.0.